The standard InChI is InChI=1S/C23H18F3N5O2/c1-13-7-8-14(20(32)28-15-9-10-27-19(12-15)23(24,25)26)11-18(13)30-22-29-17-6-4-3-5-16(17)21(33)31(22)2/h3-12H,1-2H3,(H,29,30)(H,27,28,32). The lowest BCUT2D eigenvalue weighted by molar-refractivity contribution is -0.141. The first-order chi connectivity index (χ1) is 15.6. The molecule has 168 valence electrons. The minimum Gasteiger partial charge on any atom is -0.325 e. The van der Waals surface area contributed by atoms with Crippen molar-refractivity contribution >= 4 is 34.1 Å². The highest BCUT2D eigenvalue weighted by Gasteiger charge is 2.32. The van der Waals surface area contributed by atoms with Gasteiger partial charge in [-0.3, -0.25) is 19.1 Å². The molecule has 2 N–H and O–H groups in total. The van der Waals surface area contributed by atoms with Gasteiger partial charge >= 0.3 is 6.18 Å². The molecule has 0 fully saturated rings. The lowest BCUT2D eigenvalue weighted by Crippen LogP contribution is -2.21. The van der Waals surface area contributed by atoms with Crippen LogP contribution in [0.2, 0.25) is 0 Å². The molecule has 0 aliphatic heterocycles. The number of fused-ring (bicyclic) bond motifs is 1. The van der Waals surface area contributed by atoms with Crippen molar-refractivity contribution in [1.29, 1.82) is 0 Å². The van der Waals surface area contributed by atoms with Gasteiger partial charge in [-0.15, -0.1) is 0 Å². The number of nitrogens with one attached hydrogen (secondary N) is 2. The Morgan fingerprint density at radius 3 is 2.58 bits per heavy atom. The van der Waals surface area contributed by atoms with E-state index in [1.165, 1.54) is 16.7 Å². The zero-order valence-electron chi connectivity index (χ0n) is 17.6. The Morgan fingerprint density at radius 2 is 1.82 bits per heavy atom. The highest BCUT2D eigenvalue weighted by atomic mass is 19.4. The van der Waals surface area contributed by atoms with Gasteiger partial charge in [-0.2, -0.15) is 13.2 Å². The molecule has 10 heteroatoms. The molecule has 2 aromatic carbocycles. The second-order valence-corrected chi connectivity index (χ2v) is 7.35. The van der Waals surface area contributed by atoms with E-state index in [0.29, 0.717) is 16.6 Å². The third kappa shape index (κ3) is 4.54. The van der Waals surface area contributed by atoms with Gasteiger partial charge in [0.2, 0.25) is 5.95 Å². The number of para-hydroxylation sites is 1. The van der Waals surface area contributed by atoms with Gasteiger partial charge < -0.3 is 10.6 Å². The second kappa shape index (κ2) is 8.38. The maximum Gasteiger partial charge on any atom is 0.433 e. The van der Waals surface area contributed by atoms with Crippen molar-refractivity contribution in [3.05, 3.63) is 88.0 Å². The van der Waals surface area contributed by atoms with Crippen molar-refractivity contribution in [1.82, 2.24) is 14.5 Å². The molecule has 4 rings (SSSR count). The van der Waals surface area contributed by atoms with Gasteiger partial charge in [-0.1, -0.05) is 18.2 Å². The van der Waals surface area contributed by atoms with Crippen LogP contribution in [0.5, 0.6) is 0 Å². The molecule has 0 atom stereocenters. The van der Waals surface area contributed by atoms with Crippen molar-refractivity contribution in [2.45, 2.75) is 13.1 Å². The molecule has 0 spiro atoms. The van der Waals surface area contributed by atoms with Crippen molar-refractivity contribution in [3.8, 4) is 0 Å². The Kier molecular flexibility index (Phi) is 5.59. The van der Waals surface area contributed by atoms with Crippen molar-refractivity contribution in [3.63, 3.8) is 0 Å². The normalized spacial score (nSPS) is 11.4. The van der Waals surface area contributed by atoms with E-state index in [2.05, 4.69) is 20.6 Å². The summed E-state index contributed by atoms with van der Waals surface area (Å²) in [4.78, 5) is 33.1. The van der Waals surface area contributed by atoms with Crippen LogP contribution in [0, 0.1) is 6.92 Å². The average molecular weight is 453 g/mol. The zero-order valence-corrected chi connectivity index (χ0v) is 17.6. The minimum absolute atomic E-state index is 0.0315. The predicted molar refractivity (Wildman–Crippen MR) is 119 cm³/mol. The monoisotopic (exact) mass is 453 g/mol. The van der Waals surface area contributed by atoms with E-state index in [9.17, 15) is 22.8 Å². The highest BCUT2D eigenvalue weighted by molar-refractivity contribution is 6.05. The molecular weight excluding hydrogens is 435 g/mol. The summed E-state index contributed by atoms with van der Waals surface area (Å²) in [5.41, 5.74) is 0.661. The third-order valence-electron chi connectivity index (χ3n) is 5.04. The van der Waals surface area contributed by atoms with Gasteiger partial charge in [0.1, 0.15) is 5.69 Å². The summed E-state index contributed by atoms with van der Waals surface area (Å²) in [6.07, 6.45) is -3.64. The lowest BCUT2D eigenvalue weighted by Gasteiger charge is -2.14. The number of hydrogen-bond donors (Lipinski definition) is 2. The SMILES string of the molecule is Cc1ccc(C(=O)Nc2ccnc(C(F)(F)F)c2)cc1Nc1nc2ccccc2c(=O)n1C. The fourth-order valence-corrected chi connectivity index (χ4v) is 3.21. The Hall–Kier alpha value is -4.21. The Morgan fingerprint density at radius 1 is 1.06 bits per heavy atom. The Bertz CT molecular complexity index is 1430. The van der Waals surface area contributed by atoms with Crippen LogP contribution in [0.25, 0.3) is 10.9 Å². The number of alkyl halides is 3. The van der Waals surface area contributed by atoms with Crippen LogP contribution < -0.4 is 16.2 Å². The number of carbonyl (C=O) groups excluding carboxylic acids is 1. The number of carbonyl (C=O) groups is 1. The van der Waals surface area contributed by atoms with Crippen LogP contribution in [0.1, 0.15) is 21.6 Å². The van der Waals surface area contributed by atoms with Gasteiger partial charge in [0.15, 0.2) is 0 Å². The van der Waals surface area contributed by atoms with E-state index < -0.39 is 17.8 Å². The zero-order chi connectivity index (χ0) is 23.8. The molecule has 0 saturated heterocycles. The molecule has 0 aliphatic carbocycles. The van der Waals surface area contributed by atoms with E-state index in [1.54, 1.807) is 43.4 Å². The second-order valence-electron chi connectivity index (χ2n) is 7.35. The first-order valence-electron chi connectivity index (χ1n) is 9.81. The van der Waals surface area contributed by atoms with Gasteiger partial charge in [0, 0.05) is 30.2 Å². The molecule has 2 heterocycles. The summed E-state index contributed by atoms with van der Waals surface area (Å²) in [6.45, 7) is 1.81. The number of aromatic nitrogens is 3. The first kappa shape index (κ1) is 22.0. The topological polar surface area (TPSA) is 88.9 Å². The van der Waals surface area contributed by atoms with Crippen LogP contribution in [-0.4, -0.2) is 20.4 Å². The van der Waals surface area contributed by atoms with Crippen LogP contribution >= 0.6 is 0 Å². The van der Waals surface area contributed by atoms with Gasteiger partial charge in [-0.25, -0.2) is 4.98 Å². The maximum atomic E-state index is 12.9. The largest absolute Gasteiger partial charge is 0.433 e. The van der Waals surface area contributed by atoms with E-state index in [4.69, 9.17) is 0 Å². The Balaban J connectivity index is 1.63. The van der Waals surface area contributed by atoms with Crippen molar-refractivity contribution in [2.24, 2.45) is 7.05 Å². The van der Waals surface area contributed by atoms with E-state index in [-0.39, 0.29) is 22.8 Å². The number of amides is 1. The summed E-state index contributed by atoms with van der Waals surface area (Å²) in [7, 11) is 1.58. The number of nitrogens with zero attached hydrogens (tertiary/aromatic N) is 3. The number of benzene rings is 2. The number of rotatable bonds is 4. The van der Waals surface area contributed by atoms with E-state index in [1.807, 2.05) is 6.92 Å². The van der Waals surface area contributed by atoms with E-state index >= 15 is 0 Å². The quantitative estimate of drug-likeness (QED) is 0.470. The molecule has 2 aromatic heterocycles. The first-order valence-corrected chi connectivity index (χ1v) is 9.81. The van der Waals surface area contributed by atoms with Gasteiger partial charge in [-0.05, 0) is 48.9 Å². The summed E-state index contributed by atoms with van der Waals surface area (Å²) in [5, 5.41) is 6.00. The maximum absolute atomic E-state index is 12.9. The average Bonchev–Trinajstić information content (AvgIpc) is 2.78. The summed E-state index contributed by atoms with van der Waals surface area (Å²) < 4.78 is 40.0. The fraction of sp³-hybridized carbons (Fsp3) is 0.130. The molecule has 0 aliphatic rings. The van der Waals surface area contributed by atoms with E-state index in [0.717, 1.165) is 17.8 Å². The van der Waals surface area contributed by atoms with Crippen LogP contribution in [0.15, 0.2) is 65.6 Å². The van der Waals surface area contributed by atoms with Gasteiger partial charge in [0.05, 0.1) is 10.9 Å². The van der Waals surface area contributed by atoms with Gasteiger partial charge in [0.25, 0.3) is 11.5 Å². The van der Waals surface area contributed by atoms with Crippen molar-refractivity contribution in [2.75, 3.05) is 10.6 Å². The number of aryl methyl sites for hydroxylation is 1. The fourth-order valence-electron chi connectivity index (χ4n) is 3.21. The molecule has 33 heavy (non-hydrogen) atoms. The van der Waals surface area contributed by atoms with Crippen LogP contribution in [0.4, 0.5) is 30.5 Å². The van der Waals surface area contributed by atoms with Crippen LogP contribution in [-0.2, 0) is 13.2 Å². The minimum atomic E-state index is -4.62. The number of halogens is 3. The molecule has 7 nitrogen and oxygen atoms in total. The third-order valence-corrected chi connectivity index (χ3v) is 5.04. The number of anilines is 3. The molecule has 1 amide bonds. The summed E-state index contributed by atoms with van der Waals surface area (Å²) in [6, 6.07) is 13.8. The summed E-state index contributed by atoms with van der Waals surface area (Å²) in [5.74, 6) is -0.318. The molecule has 0 saturated carbocycles. The molecule has 0 bridgehead atoms. The molecule has 0 radical (unpaired) electrons. The van der Waals surface area contributed by atoms with Crippen LogP contribution in [0.3, 0.4) is 0 Å². The number of hydrogen-bond acceptors (Lipinski definition) is 5. The number of pyridine rings is 1. The molecular formula is C23H18F3N5O2. The highest BCUT2D eigenvalue weighted by Crippen LogP contribution is 2.29. The Labute approximate surface area is 185 Å². The smallest absolute Gasteiger partial charge is 0.325 e. The summed E-state index contributed by atoms with van der Waals surface area (Å²) >= 11 is 0. The molecule has 4 aromatic rings. The molecule has 0 unspecified atom stereocenters. The predicted octanol–water partition coefficient (Wildman–Crippen LogP) is 4.65. The lowest BCUT2D eigenvalue weighted by atomic mass is 10.1. The van der Waals surface area contributed by atoms with Crippen molar-refractivity contribution < 1.29 is 18.0 Å².